The number of ketones is 1. The summed E-state index contributed by atoms with van der Waals surface area (Å²) in [7, 11) is 0. The number of aliphatic hydroxyl groups is 1. The third-order valence-corrected chi connectivity index (χ3v) is 3.46. The van der Waals surface area contributed by atoms with Crippen molar-refractivity contribution >= 4 is 5.78 Å². The first kappa shape index (κ1) is 10.1. The fourth-order valence-electron chi connectivity index (χ4n) is 2.58. The SMILES string of the molecule is O=C1CCCCCC1C1COCC1O. The van der Waals surface area contributed by atoms with Crippen molar-refractivity contribution in [3.63, 3.8) is 0 Å². The van der Waals surface area contributed by atoms with Gasteiger partial charge in [-0.15, -0.1) is 0 Å². The molecule has 3 heteroatoms. The summed E-state index contributed by atoms with van der Waals surface area (Å²) in [6.45, 7) is 0.978. The summed E-state index contributed by atoms with van der Waals surface area (Å²) in [6, 6.07) is 0. The maximum Gasteiger partial charge on any atom is 0.136 e. The van der Waals surface area contributed by atoms with Crippen LogP contribution in [0.3, 0.4) is 0 Å². The van der Waals surface area contributed by atoms with E-state index in [4.69, 9.17) is 4.74 Å². The Hall–Kier alpha value is -0.410. The van der Waals surface area contributed by atoms with Crippen LogP contribution in [0, 0.1) is 11.8 Å². The minimum atomic E-state index is -0.415. The molecule has 1 saturated carbocycles. The van der Waals surface area contributed by atoms with E-state index in [0.717, 1.165) is 25.7 Å². The van der Waals surface area contributed by atoms with E-state index in [-0.39, 0.29) is 11.8 Å². The van der Waals surface area contributed by atoms with Gasteiger partial charge in [-0.25, -0.2) is 0 Å². The molecule has 1 aliphatic carbocycles. The van der Waals surface area contributed by atoms with Crippen molar-refractivity contribution in [2.24, 2.45) is 11.8 Å². The molecule has 0 radical (unpaired) electrons. The molecule has 0 spiro atoms. The van der Waals surface area contributed by atoms with Crippen LogP contribution >= 0.6 is 0 Å². The lowest BCUT2D eigenvalue weighted by Crippen LogP contribution is -2.31. The van der Waals surface area contributed by atoms with Gasteiger partial charge >= 0.3 is 0 Å². The van der Waals surface area contributed by atoms with Crippen molar-refractivity contribution in [2.75, 3.05) is 13.2 Å². The lowest BCUT2D eigenvalue weighted by molar-refractivity contribution is -0.125. The van der Waals surface area contributed by atoms with Gasteiger partial charge in [0.1, 0.15) is 5.78 Å². The molecule has 2 fully saturated rings. The summed E-state index contributed by atoms with van der Waals surface area (Å²) in [5, 5.41) is 9.67. The zero-order valence-corrected chi connectivity index (χ0v) is 8.45. The molecular weight excluding hydrogens is 180 g/mol. The molecule has 0 aromatic heterocycles. The monoisotopic (exact) mass is 198 g/mol. The van der Waals surface area contributed by atoms with Gasteiger partial charge in [0.05, 0.1) is 19.3 Å². The van der Waals surface area contributed by atoms with Gasteiger partial charge < -0.3 is 9.84 Å². The number of hydrogen-bond donors (Lipinski definition) is 1. The van der Waals surface area contributed by atoms with Gasteiger partial charge in [-0.2, -0.15) is 0 Å². The van der Waals surface area contributed by atoms with Crippen molar-refractivity contribution in [2.45, 2.75) is 38.2 Å². The van der Waals surface area contributed by atoms with Crippen LogP contribution < -0.4 is 0 Å². The Labute approximate surface area is 84.4 Å². The van der Waals surface area contributed by atoms with Gasteiger partial charge in [-0.3, -0.25) is 4.79 Å². The number of aliphatic hydroxyl groups excluding tert-OH is 1. The average Bonchev–Trinajstić information content (AvgIpc) is 2.46. The zero-order chi connectivity index (χ0) is 9.97. The molecule has 1 aliphatic heterocycles. The Morgan fingerprint density at radius 2 is 2.07 bits per heavy atom. The second-order valence-corrected chi connectivity index (χ2v) is 4.44. The molecule has 3 unspecified atom stereocenters. The summed E-state index contributed by atoms with van der Waals surface area (Å²) in [6.07, 6.45) is 4.55. The van der Waals surface area contributed by atoms with Crippen LogP contribution in [-0.4, -0.2) is 30.2 Å². The predicted octanol–water partition coefficient (Wildman–Crippen LogP) is 1.14. The van der Waals surface area contributed by atoms with Crippen molar-refractivity contribution in [1.82, 2.24) is 0 Å². The van der Waals surface area contributed by atoms with Gasteiger partial charge in [0, 0.05) is 18.3 Å². The summed E-state index contributed by atoms with van der Waals surface area (Å²) < 4.78 is 5.21. The van der Waals surface area contributed by atoms with Crippen LogP contribution in [0.1, 0.15) is 32.1 Å². The number of rotatable bonds is 1. The molecule has 0 bridgehead atoms. The molecule has 0 aromatic rings. The third-order valence-electron chi connectivity index (χ3n) is 3.46. The van der Waals surface area contributed by atoms with E-state index in [2.05, 4.69) is 0 Å². The van der Waals surface area contributed by atoms with Gasteiger partial charge in [0.15, 0.2) is 0 Å². The lowest BCUT2D eigenvalue weighted by atomic mass is 9.83. The molecule has 3 nitrogen and oxygen atoms in total. The molecule has 80 valence electrons. The van der Waals surface area contributed by atoms with E-state index in [1.165, 1.54) is 0 Å². The highest BCUT2D eigenvalue weighted by Crippen LogP contribution is 2.31. The second-order valence-electron chi connectivity index (χ2n) is 4.44. The van der Waals surface area contributed by atoms with E-state index in [0.29, 0.717) is 25.4 Å². The highest BCUT2D eigenvalue weighted by atomic mass is 16.5. The molecule has 1 saturated heterocycles. The van der Waals surface area contributed by atoms with Gasteiger partial charge in [-0.1, -0.05) is 12.8 Å². The first-order chi connectivity index (χ1) is 6.79. The van der Waals surface area contributed by atoms with Crippen molar-refractivity contribution < 1.29 is 14.6 Å². The standard InChI is InChI=1S/C11H18O3/c12-10-5-3-1-2-4-8(10)9-6-14-7-11(9)13/h8-9,11,13H,1-7H2. The quantitative estimate of drug-likeness (QED) is 0.643. The van der Waals surface area contributed by atoms with Crippen LogP contribution in [0.15, 0.2) is 0 Å². The number of hydrogen-bond acceptors (Lipinski definition) is 3. The Morgan fingerprint density at radius 1 is 1.21 bits per heavy atom. The van der Waals surface area contributed by atoms with Crippen molar-refractivity contribution in [3.8, 4) is 0 Å². The molecule has 1 heterocycles. The largest absolute Gasteiger partial charge is 0.390 e. The van der Waals surface area contributed by atoms with Crippen LogP contribution in [0.4, 0.5) is 0 Å². The molecule has 0 aromatic carbocycles. The Bertz CT molecular complexity index is 215. The molecular formula is C11H18O3. The number of Topliss-reactive ketones (excluding diaryl/α,β-unsaturated/α-hetero) is 1. The number of ether oxygens (including phenoxy) is 1. The highest BCUT2D eigenvalue weighted by molar-refractivity contribution is 5.81. The Morgan fingerprint density at radius 3 is 2.79 bits per heavy atom. The van der Waals surface area contributed by atoms with Gasteiger partial charge in [-0.05, 0) is 12.8 Å². The minimum absolute atomic E-state index is 0.0648. The average molecular weight is 198 g/mol. The maximum atomic E-state index is 11.8. The van der Waals surface area contributed by atoms with Gasteiger partial charge in [0.2, 0.25) is 0 Å². The van der Waals surface area contributed by atoms with Crippen LogP contribution in [-0.2, 0) is 9.53 Å². The molecule has 0 amide bonds. The highest BCUT2D eigenvalue weighted by Gasteiger charge is 2.37. The van der Waals surface area contributed by atoms with E-state index in [1.54, 1.807) is 0 Å². The topological polar surface area (TPSA) is 46.5 Å². The Kier molecular flexibility index (Phi) is 3.19. The maximum absolute atomic E-state index is 11.8. The predicted molar refractivity (Wildman–Crippen MR) is 51.9 cm³/mol. The number of carbonyl (C=O) groups excluding carboxylic acids is 1. The molecule has 14 heavy (non-hydrogen) atoms. The van der Waals surface area contributed by atoms with Crippen LogP contribution in [0.5, 0.6) is 0 Å². The summed E-state index contributed by atoms with van der Waals surface area (Å²) in [5.41, 5.74) is 0. The normalized spacial score (nSPS) is 39.8. The first-order valence-corrected chi connectivity index (χ1v) is 5.57. The number of carbonyl (C=O) groups is 1. The van der Waals surface area contributed by atoms with Crippen molar-refractivity contribution in [1.29, 1.82) is 0 Å². The lowest BCUT2D eigenvalue weighted by Gasteiger charge is -2.21. The summed E-state index contributed by atoms with van der Waals surface area (Å²) >= 11 is 0. The van der Waals surface area contributed by atoms with E-state index < -0.39 is 6.10 Å². The van der Waals surface area contributed by atoms with E-state index >= 15 is 0 Å². The molecule has 3 atom stereocenters. The van der Waals surface area contributed by atoms with Crippen LogP contribution in [0.2, 0.25) is 0 Å². The summed E-state index contributed by atoms with van der Waals surface area (Å²) in [5.74, 6) is 0.479. The first-order valence-electron chi connectivity index (χ1n) is 5.57. The van der Waals surface area contributed by atoms with Gasteiger partial charge in [0.25, 0.3) is 0 Å². The fourth-order valence-corrected chi connectivity index (χ4v) is 2.58. The molecule has 2 aliphatic rings. The Balaban J connectivity index is 2.02. The molecule has 2 rings (SSSR count). The van der Waals surface area contributed by atoms with Crippen LogP contribution in [0.25, 0.3) is 0 Å². The third kappa shape index (κ3) is 1.98. The minimum Gasteiger partial charge on any atom is -0.390 e. The van der Waals surface area contributed by atoms with Crippen molar-refractivity contribution in [3.05, 3.63) is 0 Å². The second kappa shape index (κ2) is 4.41. The fraction of sp³-hybridized carbons (Fsp3) is 0.909. The molecule has 1 N–H and O–H groups in total. The van der Waals surface area contributed by atoms with E-state index in [9.17, 15) is 9.90 Å². The summed E-state index contributed by atoms with van der Waals surface area (Å²) in [4.78, 5) is 11.8. The zero-order valence-electron chi connectivity index (χ0n) is 8.45. The smallest absolute Gasteiger partial charge is 0.136 e. The van der Waals surface area contributed by atoms with E-state index in [1.807, 2.05) is 0 Å².